The average molecular weight is 461 g/mol. The molecule has 0 amide bonds. The first kappa shape index (κ1) is 21.0. The van der Waals surface area contributed by atoms with E-state index in [9.17, 15) is 14.6 Å². The molecule has 2 aliphatic heterocycles. The molecule has 3 atom stereocenters. The predicted octanol–water partition coefficient (Wildman–Crippen LogP) is 2.81. The standard InChI is InChI=1S/C25H25FN6O2/c26-17-5-1-4-16(12-17)19-7-3-11-31(19)25-10-9-23-27-13-20(32(23)29-25)18-6-2-8-24(28-18)30-14-21(33)22(34)15-30/h1-2,4-6,8-10,12-13,19,21-22,33-34H,3,7,11,14-15H2/t19-,21-,22-/m0/s1. The number of β-amino-alcohol motifs (C(OH)–C–C–N with tert-alkyl or cyclic N) is 2. The summed E-state index contributed by atoms with van der Waals surface area (Å²) in [7, 11) is 0. The largest absolute Gasteiger partial charge is 0.389 e. The van der Waals surface area contributed by atoms with Crippen LogP contribution in [0.4, 0.5) is 16.0 Å². The number of fused-ring (bicyclic) bond motifs is 1. The number of aromatic nitrogens is 4. The van der Waals surface area contributed by atoms with Gasteiger partial charge in [0.1, 0.15) is 23.1 Å². The van der Waals surface area contributed by atoms with E-state index in [4.69, 9.17) is 10.1 Å². The van der Waals surface area contributed by atoms with Crippen molar-refractivity contribution in [2.75, 3.05) is 29.4 Å². The minimum absolute atomic E-state index is 0.0714. The molecule has 0 radical (unpaired) electrons. The normalized spacial score (nSPS) is 22.7. The summed E-state index contributed by atoms with van der Waals surface area (Å²) in [6.07, 6.45) is 2.14. The van der Waals surface area contributed by atoms with Crippen LogP contribution >= 0.6 is 0 Å². The smallest absolute Gasteiger partial charge is 0.154 e. The van der Waals surface area contributed by atoms with Crippen LogP contribution in [0.2, 0.25) is 0 Å². The van der Waals surface area contributed by atoms with Gasteiger partial charge in [-0.05, 0) is 54.8 Å². The van der Waals surface area contributed by atoms with Gasteiger partial charge in [-0.25, -0.2) is 18.9 Å². The highest BCUT2D eigenvalue weighted by Crippen LogP contribution is 2.35. The molecule has 2 N–H and O–H groups in total. The lowest BCUT2D eigenvalue weighted by Crippen LogP contribution is -2.24. The van der Waals surface area contributed by atoms with Crippen molar-refractivity contribution in [2.24, 2.45) is 0 Å². The Hall–Kier alpha value is -3.56. The van der Waals surface area contributed by atoms with Crippen molar-refractivity contribution in [1.82, 2.24) is 19.6 Å². The van der Waals surface area contributed by atoms with E-state index >= 15 is 0 Å². The van der Waals surface area contributed by atoms with Crippen LogP contribution in [0.25, 0.3) is 17.0 Å². The summed E-state index contributed by atoms with van der Waals surface area (Å²) in [5.74, 6) is 1.26. The summed E-state index contributed by atoms with van der Waals surface area (Å²) in [5.41, 5.74) is 3.11. The first-order valence-corrected chi connectivity index (χ1v) is 11.5. The van der Waals surface area contributed by atoms with Crippen molar-refractivity contribution >= 4 is 17.3 Å². The minimum Gasteiger partial charge on any atom is -0.389 e. The quantitative estimate of drug-likeness (QED) is 0.484. The lowest BCUT2D eigenvalue weighted by Gasteiger charge is -2.26. The highest BCUT2D eigenvalue weighted by molar-refractivity contribution is 5.63. The molecule has 0 aliphatic carbocycles. The summed E-state index contributed by atoms with van der Waals surface area (Å²) < 4.78 is 15.6. The van der Waals surface area contributed by atoms with E-state index in [1.54, 1.807) is 22.8 Å². The predicted molar refractivity (Wildman–Crippen MR) is 126 cm³/mol. The fourth-order valence-electron chi connectivity index (χ4n) is 4.99. The highest BCUT2D eigenvalue weighted by Gasteiger charge is 2.31. The second-order valence-electron chi connectivity index (χ2n) is 8.93. The molecule has 2 fully saturated rings. The Balaban J connectivity index is 1.35. The second-order valence-corrected chi connectivity index (χ2v) is 8.93. The monoisotopic (exact) mass is 460 g/mol. The van der Waals surface area contributed by atoms with Crippen LogP contribution in [0.15, 0.2) is 60.8 Å². The number of hydrogen-bond donors (Lipinski definition) is 2. The molecule has 4 aromatic rings. The van der Waals surface area contributed by atoms with Gasteiger partial charge in [0.25, 0.3) is 0 Å². The van der Waals surface area contributed by atoms with Crippen molar-refractivity contribution in [2.45, 2.75) is 31.1 Å². The molecule has 0 saturated carbocycles. The average Bonchev–Trinajstić information content (AvgIpc) is 3.57. The lowest BCUT2D eigenvalue weighted by molar-refractivity contribution is 0.0572. The van der Waals surface area contributed by atoms with Crippen molar-refractivity contribution < 1.29 is 14.6 Å². The van der Waals surface area contributed by atoms with E-state index in [0.29, 0.717) is 30.2 Å². The number of imidazole rings is 1. The number of hydrogen-bond acceptors (Lipinski definition) is 7. The van der Waals surface area contributed by atoms with Gasteiger partial charge in [0, 0.05) is 19.6 Å². The van der Waals surface area contributed by atoms with E-state index in [0.717, 1.165) is 36.5 Å². The SMILES string of the molecule is O[C@H]1CN(c2cccc(-c3cnc4ccc(N5CCC[C@H]5c5cccc(F)c5)nn34)n2)C[C@@H]1O. The van der Waals surface area contributed by atoms with Gasteiger partial charge >= 0.3 is 0 Å². The molecule has 174 valence electrons. The summed E-state index contributed by atoms with van der Waals surface area (Å²) in [6.45, 7) is 1.52. The summed E-state index contributed by atoms with van der Waals surface area (Å²) >= 11 is 0. The molecule has 3 aromatic heterocycles. The fourth-order valence-corrected chi connectivity index (χ4v) is 4.99. The fraction of sp³-hybridized carbons (Fsp3) is 0.320. The zero-order valence-corrected chi connectivity index (χ0v) is 18.5. The molecule has 2 aliphatic rings. The Kier molecular flexibility index (Phi) is 5.15. The van der Waals surface area contributed by atoms with Crippen LogP contribution in [0, 0.1) is 5.82 Å². The molecule has 9 heteroatoms. The molecule has 5 heterocycles. The maximum atomic E-state index is 13.9. The molecule has 34 heavy (non-hydrogen) atoms. The van der Waals surface area contributed by atoms with E-state index in [1.807, 2.05) is 41.3 Å². The van der Waals surface area contributed by atoms with Crippen LogP contribution in [-0.2, 0) is 0 Å². The topological polar surface area (TPSA) is 90.0 Å². The van der Waals surface area contributed by atoms with Crippen molar-refractivity contribution in [3.8, 4) is 11.4 Å². The number of aliphatic hydroxyl groups is 2. The maximum Gasteiger partial charge on any atom is 0.154 e. The van der Waals surface area contributed by atoms with Gasteiger partial charge < -0.3 is 20.0 Å². The number of pyridine rings is 1. The molecule has 2 saturated heterocycles. The minimum atomic E-state index is -0.781. The molecule has 8 nitrogen and oxygen atoms in total. The zero-order valence-electron chi connectivity index (χ0n) is 18.5. The Bertz CT molecular complexity index is 1330. The number of anilines is 2. The molecule has 0 unspecified atom stereocenters. The molecule has 6 rings (SSSR count). The van der Waals surface area contributed by atoms with Gasteiger partial charge in [0.2, 0.25) is 0 Å². The van der Waals surface area contributed by atoms with Crippen LogP contribution < -0.4 is 9.80 Å². The van der Waals surface area contributed by atoms with Crippen LogP contribution in [0.3, 0.4) is 0 Å². The number of benzene rings is 1. The van der Waals surface area contributed by atoms with Gasteiger partial charge in [0.15, 0.2) is 5.65 Å². The Morgan fingerprint density at radius 2 is 1.76 bits per heavy atom. The number of rotatable bonds is 4. The van der Waals surface area contributed by atoms with E-state index in [1.165, 1.54) is 6.07 Å². The lowest BCUT2D eigenvalue weighted by atomic mass is 10.0. The zero-order chi connectivity index (χ0) is 23.2. The second kappa shape index (κ2) is 8.34. The number of halogens is 1. The van der Waals surface area contributed by atoms with Crippen LogP contribution in [0.5, 0.6) is 0 Å². The summed E-state index contributed by atoms with van der Waals surface area (Å²) in [6, 6.07) is 16.4. The Labute approximate surface area is 195 Å². The maximum absolute atomic E-state index is 13.9. The van der Waals surface area contributed by atoms with Gasteiger partial charge in [0.05, 0.1) is 30.1 Å². The summed E-state index contributed by atoms with van der Waals surface area (Å²) in [5, 5.41) is 24.7. The first-order chi connectivity index (χ1) is 16.6. The summed E-state index contributed by atoms with van der Waals surface area (Å²) in [4.78, 5) is 13.4. The highest BCUT2D eigenvalue weighted by atomic mass is 19.1. The van der Waals surface area contributed by atoms with E-state index in [-0.39, 0.29) is 11.9 Å². The first-order valence-electron chi connectivity index (χ1n) is 11.5. The van der Waals surface area contributed by atoms with E-state index in [2.05, 4.69) is 9.88 Å². The number of nitrogens with zero attached hydrogens (tertiary/aromatic N) is 6. The van der Waals surface area contributed by atoms with Gasteiger partial charge in [-0.15, -0.1) is 5.10 Å². The van der Waals surface area contributed by atoms with Crippen LogP contribution in [0.1, 0.15) is 24.4 Å². The Morgan fingerprint density at radius 3 is 2.59 bits per heavy atom. The molecule has 1 aromatic carbocycles. The molecule has 0 spiro atoms. The number of aliphatic hydroxyl groups excluding tert-OH is 2. The van der Waals surface area contributed by atoms with Gasteiger partial charge in [-0.2, -0.15) is 0 Å². The van der Waals surface area contributed by atoms with E-state index < -0.39 is 12.2 Å². The van der Waals surface area contributed by atoms with Gasteiger partial charge in [-0.1, -0.05) is 18.2 Å². The third kappa shape index (κ3) is 3.66. The van der Waals surface area contributed by atoms with Crippen LogP contribution in [-0.4, -0.2) is 61.6 Å². The third-order valence-electron chi connectivity index (χ3n) is 6.71. The van der Waals surface area contributed by atoms with Crippen molar-refractivity contribution in [3.05, 3.63) is 72.2 Å². The molecular weight excluding hydrogens is 435 g/mol. The third-order valence-corrected chi connectivity index (χ3v) is 6.71. The Morgan fingerprint density at radius 1 is 0.941 bits per heavy atom. The van der Waals surface area contributed by atoms with Crippen molar-refractivity contribution in [3.63, 3.8) is 0 Å². The van der Waals surface area contributed by atoms with Gasteiger partial charge in [-0.3, -0.25) is 0 Å². The molecule has 0 bridgehead atoms. The van der Waals surface area contributed by atoms with Crippen molar-refractivity contribution in [1.29, 1.82) is 0 Å². The molecular formula is C25H25FN6O2.